The van der Waals surface area contributed by atoms with Gasteiger partial charge >= 0.3 is 0 Å². The summed E-state index contributed by atoms with van der Waals surface area (Å²) in [5, 5.41) is 15.4. The fourth-order valence-corrected chi connectivity index (χ4v) is 4.99. The molecule has 1 fully saturated rings. The molecule has 1 N–H and O–H groups in total. The molecular weight excluding hydrogens is 402 g/mol. The second-order valence-corrected chi connectivity index (χ2v) is 8.32. The highest BCUT2D eigenvalue weighted by Gasteiger charge is 2.32. The number of thiazole rings is 1. The largest absolute Gasteiger partial charge is 0.494 e. The maximum absolute atomic E-state index is 11.7. The van der Waals surface area contributed by atoms with E-state index in [1.54, 1.807) is 6.92 Å². The van der Waals surface area contributed by atoms with Gasteiger partial charge in [0.1, 0.15) is 5.75 Å². The summed E-state index contributed by atoms with van der Waals surface area (Å²) >= 11 is 1.46. The van der Waals surface area contributed by atoms with E-state index >= 15 is 0 Å². The molecule has 9 heteroatoms. The molecule has 1 aliphatic rings. The number of hydrogen-bond acceptors (Lipinski definition) is 7. The monoisotopic (exact) mass is 429 g/mol. The second-order valence-electron chi connectivity index (χ2n) is 7.31. The standard InChI is InChI=1S/C21H27N5O3S/c1-4-17-22-21-26(23-17)20(28)19(30-21)18(15-6-8-16(9-7-15)29-5-2)25-12-10-24(11-13-25)14(3)27/h6-9,18,28H,4-5,10-13H2,1-3H3. The number of benzene rings is 1. The van der Waals surface area contributed by atoms with Crippen molar-refractivity contribution < 1.29 is 14.6 Å². The Kier molecular flexibility index (Phi) is 5.92. The summed E-state index contributed by atoms with van der Waals surface area (Å²) in [6.07, 6.45) is 0.721. The number of aromatic nitrogens is 3. The van der Waals surface area contributed by atoms with Gasteiger partial charge in [-0.2, -0.15) is 4.52 Å². The van der Waals surface area contributed by atoms with Crippen molar-refractivity contribution in [3.63, 3.8) is 0 Å². The number of carbonyl (C=O) groups is 1. The van der Waals surface area contributed by atoms with Gasteiger partial charge in [0.15, 0.2) is 5.82 Å². The average molecular weight is 430 g/mol. The van der Waals surface area contributed by atoms with Crippen LogP contribution in [0.2, 0.25) is 0 Å². The van der Waals surface area contributed by atoms with Crippen LogP contribution in [0.5, 0.6) is 11.6 Å². The molecule has 2 aromatic heterocycles. The second kappa shape index (κ2) is 8.61. The summed E-state index contributed by atoms with van der Waals surface area (Å²) in [4.78, 5) is 21.9. The SMILES string of the molecule is CCOc1ccc(C(c2sc3nc(CC)nn3c2O)N2CCN(C(C)=O)CC2)cc1. The van der Waals surface area contributed by atoms with Crippen LogP contribution in [0.3, 0.4) is 0 Å². The Morgan fingerprint density at radius 1 is 1.20 bits per heavy atom. The zero-order chi connectivity index (χ0) is 21.3. The summed E-state index contributed by atoms with van der Waals surface area (Å²) in [6.45, 7) is 8.97. The van der Waals surface area contributed by atoms with Crippen molar-refractivity contribution in [2.45, 2.75) is 33.2 Å². The van der Waals surface area contributed by atoms with E-state index in [2.05, 4.69) is 15.0 Å². The molecule has 1 aliphatic heterocycles. The molecule has 8 nitrogen and oxygen atoms in total. The van der Waals surface area contributed by atoms with Gasteiger partial charge in [-0.1, -0.05) is 30.4 Å². The number of hydrogen-bond donors (Lipinski definition) is 1. The van der Waals surface area contributed by atoms with Crippen molar-refractivity contribution in [2.75, 3.05) is 32.8 Å². The first-order valence-corrected chi connectivity index (χ1v) is 11.1. The van der Waals surface area contributed by atoms with Crippen LogP contribution in [0.15, 0.2) is 24.3 Å². The average Bonchev–Trinajstić information content (AvgIpc) is 3.29. The summed E-state index contributed by atoms with van der Waals surface area (Å²) in [7, 11) is 0. The molecule has 1 aromatic carbocycles. The lowest BCUT2D eigenvalue weighted by atomic mass is 10.0. The van der Waals surface area contributed by atoms with Crippen molar-refractivity contribution in [2.24, 2.45) is 0 Å². The molecule has 0 bridgehead atoms. The van der Waals surface area contributed by atoms with E-state index < -0.39 is 0 Å². The van der Waals surface area contributed by atoms with Gasteiger partial charge in [-0.25, -0.2) is 4.98 Å². The van der Waals surface area contributed by atoms with Crippen LogP contribution in [-0.4, -0.2) is 68.2 Å². The molecule has 0 radical (unpaired) electrons. The number of carbonyl (C=O) groups excluding carboxylic acids is 1. The van der Waals surface area contributed by atoms with E-state index in [0.717, 1.165) is 41.5 Å². The summed E-state index contributed by atoms with van der Waals surface area (Å²) in [5.41, 5.74) is 1.06. The molecule has 1 unspecified atom stereocenters. The van der Waals surface area contributed by atoms with Crippen molar-refractivity contribution in [3.8, 4) is 11.6 Å². The third-order valence-corrected chi connectivity index (χ3v) is 6.51. The van der Waals surface area contributed by atoms with Crippen molar-refractivity contribution in [1.29, 1.82) is 0 Å². The predicted molar refractivity (Wildman–Crippen MR) is 115 cm³/mol. The number of rotatable bonds is 6. The maximum atomic E-state index is 11.7. The Labute approximate surface area is 179 Å². The molecular formula is C21H27N5O3S. The van der Waals surface area contributed by atoms with E-state index in [0.29, 0.717) is 24.7 Å². The molecule has 30 heavy (non-hydrogen) atoms. The van der Waals surface area contributed by atoms with Gasteiger partial charge < -0.3 is 14.7 Å². The number of fused-ring (bicyclic) bond motifs is 1. The third kappa shape index (κ3) is 3.87. The third-order valence-electron chi connectivity index (χ3n) is 5.44. The van der Waals surface area contributed by atoms with Gasteiger partial charge in [-0.15, -0.1) is 5.10 Å². The van der Waals surface area contributed by atoms with Gasteiger partial charge in [0.05, 0.1) is 17.5 Å². The van der Waals surface area contributed by atoms with E-state index in [4.69, 9.17) is 4.74 Å². The minimum Gasteiger partial charge on any atom is -0.494 e. The van der Waals surface area contributed by atoms with Crippen LogP contribution < -0.4 is 4.74 Å². The van der Waals surface area contributed by atoms with Gasteiger partial charge in [-0.05, 0) is 24.6 Å². The van der Waals surface area contributed by atoms with E-state index in [1.807, 2.05) is 43.0 Å². The molecule has 160 valence electrons. The van der Waals surface area contributed by atoms with Crippen LogP contribution in [-0.2, 0) is 11.2 Å². The number of aromatic hydroxyl groups is 1. The van der Waals surface area contributed by atoms with E-state index in [-0.39, 0.29) is 17.8 Å². The fourth-order valence-electron chi connectivity index (χ4n) is 3.85. The van der Waals surface area contributed by atoms with Gasteiger partial charge in [0.25, 0.3) is 0 Å². The lowest BCUT2D eigenvalue weighted by Gasteiger charge is -2.38. The zero-order valence-electron chi connectivity index (χ0n) is 17.5. The molecule has 3 aromatic rings. The predicted octanol–water partition coefficient (Wildman–Crippen LogP) is 2.71. The molecule has 1 atom stereocenters. The van der Waals surface area contributed by atoms with Gasteiger partial charge in [-0.3, -0.25) is 9.69 Å². The lowest BCUT2D eigenvalue weighted by Crippen LogP contribution is -2.49. The Morgan fingerprint density at radius 2 is 1.90 bits per heavy atom. The highest BCUT2D eigenvalue weighted by Crippen LogP contribution is 2.40. The summed E-state index contributed by atoms with van der Waals surface area (Å²) in [5.74, 6) is 1.77. The van der Waals surface area contributed by atoms with E-state index in [9.17, 15) is 9.90 Å². The number of ether oxygens (including phenoxy) is 1. The molecule has 0 spiro atoms. The van der Waals surface area contributed by atoms with Gasteiger partial charge in [0, 0.05) is 39.5 Å². The minimum absolute atomic E-state index is 0.0982. The number of nitrogens with zero attached hydrogens (tertiary/aromatic N) is 5. The van der Waals surface area contributed by atoms with Gasteiger partial charge in [0.2, 0.25) is 16.7 Å². The summed E-state index contributed by atoms with van der Waals surface area (Å²) < 4.78 is 7.12. The molecule has 0 aliphatic carbocycles. The first kappa shape index (κ1) is 20.6. The topological polar surface area (TPSA) is 83.2 Å². The highest BCUT2D eigenvalue weighted by molar-refractivity contribution is 7.17. The first-order chi connectivity index (χ1) is 14.5. The molecule has 1 amide bonds. The van der Waals surface area contributed by atoms with Crippen molar-refractivity contribution in [3.05, 3.63) is 40.5 Å². The van der Waals surface area contributed by atoms with Crippen LogP contribution >= 0.6 is 11.3 Å². The Bertz CT molecular complexity index is 1020. The number of amides is 1. The Balaban J connectivity index is 1.71. The van der Waals surface area contributed by atoms with E-state index in [1.165, 1.54) is 15.9 Å². The van der Waals surface area contributed by atoms with Crippen LogP contribution in [0.1, 0.15) is 43.1 Å². The van der Waals surface area contributed by atoms with Crippen LogP contribution in [0.4, 0.5) is 0 Å². The van der Waals surface area contributed by atoms with Crippen LogP contribution in [0, 0.1) is 0 Å². The first-order valence-electron chi connectivity index (χ1n) is 10.3. The molecule has 1 saturated heterocycles. The number of aryl methyl sites for hydroxylation is 1. The van der Waals surface area contributed by atoms with Crippen LogP contribution in [0.25, 0.3) is 4.96 Å². The lowest BCUT2D eigenvalue weighted by molar-refractivity contribution is -0.130. The zero-order valence-corrected chi connectivity index (χ0v) is 18.4. The maximum Gasteiger partial charge on any atom is 0.230 e. The smallest absolute Gasteiger partial charge is 0.230 e. The quantitative estimate of drug-likeness (QED) is 0.649. The Morgan fingerprint density at radius 3 is 2.47 bits per heavy atom. The molecule has 4 rings (SSSR count). The fraction of sp³-hybridized carbons (Fsp3) is 0.476. The minimum atomic E-state index is -0.145. The highest BCUT2D eigenvalue weighted by atomic mass is 32.1. The van der Waals surface area contributed by atoms with Crippen molar-refractivity contribution in [1.82, 2.24) is 24.4 Å². The van der Waals surface area contributed by atoms with Crippen molar-refractivity contribution >= 4 is 22.2 Å². The Hall–Kier alpha value is -2.65. The number of piperazine rings is 1. The normalized spacial score (nSPS) is 16.2. The molecule has 0 saturated carbocycles. The summed E-state index contributed by atoms with van der Waals surface area (Å²) in [6, 6.07) is 7.86. The molecule has 3 heterocycles.